The minimum absolute atomic E-state index is 0.00952. The second-order valence-electron chi connectivity index (χ2n) is 6.20. The Hall–Kier alpha value is -2.82. The normalized spacial score (nSPS) is 14.3. The molecule has 1 amide bonds. The number of carbonyl (C=O) groups is 1. The van der Waals surface area contributed by atoms with Crippen molar-refractivity contribution >= 4 is 5.91 Å². The molecule has 1 aliphatic rings. The van der Waals surface area contributed by atoms with Crippen LogP contribution in [0, 0.1) is 6.92 Å². The maximum absolute atomic E-state index is 12.6. The SMILES string of the molecule is Cc1ccc(-c2cc3n(n2)CCCN(C(=O)c2ccoc2)C3)cc1. The van der Waals surface area contributed by atoms with E-state index >= 15 is 0 Å². The molecule has 0 unspecified atom stereocenters. The fourth-order valence-corrected chi connectivity index (χ4v) is 3.07. The monoisotopic (exact) mass is 321 g/mol. The molecular formula is C19H19N3O2. The van der Waals surface area contributed by atoms with Crippen LogP contribution in [0.2, 0.25) is 0 Å². The summed E-state index contributed by atoms with van der Waals surface area (Å²) in [5.41, 5.74) is 4.97. The highest BCUT2D eigenvalue weighted by Gasteiger charge is 2.22. The van der Waals surface area contributed by atoms with Crippen LogP contribution in [-0.4, -0.2) is 27.1 Å². The van der Waals surface area contributed by atoms with Gasteiger partial charge in [-0.2, -0.15) is 5.10 Å². The minimum atomic E-state index is 0.00952. The zero-order valence-corrected chi connectivity index (χ0v) is 13.6. The van der Waals surface area contributed by atoms with Gasteiger partial charge in [-0.15, -0.1) is 0 Å². The number of carbonyl (C=O) groups excluding carboxylic acids is 1. The Morgan fingerprint density at radius 1 is 1.17 bits per heavy atom. The topological polar surface area (TPSA) is 51.3 Å². The van der Waals surface area contributed by atoms with Crippen LogP contribution in [0.3, 0.4) is 0 Å². The van der Waals surface area contributed by atoms with E-state index in [4.69, 9.17) is 9.52 Å². The van der Waals surface area contributed by atoms with E-state index in [0.29, 0.717) is 12.1 Å². The van der Waals surface area contributed by atoms with Gasteiger partial charge in [0.1, 0.15) is 6.26 Å². The Morgan fingerprint density at radius 3 is 2.75 bits per heavy atom. The fourth-order valence-electron chi connectivity index (χ4n) is 3.07. The Kier molecular flexibility index (Phi) is 3.69. The number of furan rings is 1. The summed E-state index contributed by atoms with van der Waals surface area (Å²) in [6.07, 6.45) is 3.93. The Bertz CT molecular complexity index is 847. The number of rotatable bonds is 2. The highest BCUT2D eigenvalue weighted by atomic mass is 16.3. The lowest BCUT2D eigenvalue weighted by Gasteiger charge is -2.18. The van der Waals surface area contributed by atoms with E-state index in [9.17, 15) is 4.79 Å². The average molecular weight is 321 g/mol. The smallest absolute Gasteiger partial charge is 0.257 e. The molecule has 0 saturated heterocycles. The van der Waals surface area contributed by atoms with Gasteiger partial charge >= 0.3 is 0 Å². The molecular weight excluding hydrogens is 302 g/mol. The van der Waals surface area contributed by atoms with Crippen LogP contribution in [0.4, 0.5) is 0 Å². The van der Waals surface area contributed by atoms with Crippen molar-refractivity contribution in [1.29, 1.82) is 0 Å². The maximum Gasteiger partial charge on any atom is 0.257 e. The van der Waals surface area contributed by atoms with Crippen LogP contribution < -0.4 is 0 Å². The summed E-state index contributed by atoms with van der Waals surface area (Å²) in [7, 11) is 0. The molecule has 2 aromatic heterocycles. The molecule has 0 N–H and O–H groups in total. The molecule has 0 spiro atoms. The standard InChI is InChI=1S/C19H19N3O2/c1-14-3-5-15(6-4-14)18-11-17-12-21(8-2-9-22(17)20-18)19(23)16-7-10-24-13-16/h3-7,10-11,13H,2,8-9,12H2,1H3. The molecule has 0 saturated carbocycles. The lowest BCUT2D eigenvalue weighted by atomic mass is 10.1. The van der Waals surface area contributed by atoms with Crippen molar-refractivity contribution in [3.8, 4) is 11.3 Å². The summed E-state index contributed by atoms with van der Waals surface area (Å²) in [5.74, 6) is 0.00952. The van der Waals surface area contributed by atoms with Gasteiger partial charge in [-0.1, -0.05) is 29.8 Å². The molecule has 0 radical (unpaired) electrons. The fraction of sp³-hybridized carbons (Fsp3) is 0.263. The summed E-state index contributed by atoms with van der Waals surface area (Å²) in [5, 5.41) is 4.73. The lowest BCUT2D eigenvalue weighted by molar-refractivity contribution is 0.0745. The molecule has 5 heteroatoms. The molecule has 0 bridgehead atoms. The number of hydrogen-bond donors (Lipinski definition) is 0. The number of fused-ring (bicyclic) bond motifs is 1. The Balaban J connectivity index is 1.61. The van der Waals surface area contributed by atoms with E-state index < -0.39 is 0 Å². The van der Waals surface area contributed by atoms with Crippen molar-refractivity contribution in [2.75, 3.05) is 6.54 Å². The van der Waals surface area contributed by atoms with Gasteiger partial charge in [0.25, 0.3) is 5.91 Å². The van der Waals surface area contributed by atoms with Crippen LogP contribution in [0.1, 0.15) is 28.0 Å². The highest BCUT2D eigenvalue weighted by molar-refractivity contribution is 5.93. The van der Waals surface area contributed by atoms with Crippen LogP contribution in [-0.2, 0) is 13.1 Å². The molecule has 5 nitrogen and oxygen atoms in total. The third-order valence-electron chi connectivity index (χ3n) is 4.42. The third-order valence-corrected chi connectivity index (χ3v) is 4.42. The van der Waals surface area contributed by atoms with Crippen LogP contribution in [0.25, 0.3) is 11.3 Å². The van der Waals surface area contributed by atoms with Crippen molar-refractivity contribution in [1.82, 2.24) is 14.7 Å². The quantitative estimate of drug-likeness (QED) is 0.726. The van der Waals surface area contributed by atoms with Crippen molar-refractivity contribution < 1.29 is 9.21 Å². The van der Waals surface area contributed by atoms with E-state index in [1.165, 1.54) is 18.1 Å². The van der Waals surface area contributed by atoms with E-state index in [2.05, 4.69) is 37.3 Å². The Labute approximate surface area is 140 Å². The van der Waals surface area contributed by atoms with Gasteiger partial charge in [-0.25, -0.2) is 0 Å². The van der Waals surface area contributed by atoms with Crippen molar-refractivity contribution in [3.63, 3.8) is 0 Å². The Morgan fingerprint density at radius 2 is 2.00 bits per heavy atom. The molecule has 0 atom stereocenters. The second-order valence-corrected chi connectivity index (χ2v) is 6.20. The van der Waals surface area contributed by atoms with Gasteiger partial charge in [0.15, 0.2) is 0 Å². The van der Waals surface area contributed by atoms with Gasteiger partial charge in [-0.05, 0) is 25.5 Å². The molecule has 3 aromatic rings. The number of amides is 1. The molecule has 1 aliphatic heterocycles. The number of aryl methyl sites for hydroxylation is 2. The first kappa shape index (κ1) is 14.8. The third kappa shape index (κ3) is 2.73. The molecule has 24 heavy (non-hydrogen) atoms. The van der Waals surface area contributed by atoms with E-state index in [-0.39, 0.29) is 5.91 Å². The van der Waals surface area contributed by atoms with E-state index in [0.717, 1.165) is 36.5 Å². The van der Waals surface area contributed by atoms with E-state index in [1.807, 2.05) is 9.58 Å². The van der Waals surface area contributed by atoms with Gasteiger partial charge in [0, 0.05) is 18.7 Å². The first-order chi connectivity index (χ1) is 11.7. The van der Waals surface area contributed by atoms with Gasteiger partial charge in [0.05, 0.1) is 29.8 Å². The first-order valence-electron chi connectivity index (χ1n) is 8.16. The predicted octanol–water partition coefficient (Wildman–Crippen LogP) is 3.50. The number of nitrogens with zero attached hydrogens (tertiary/aromatic N) is 3. The average Bonchev–Trinajstić information content (AvgIpc) is 3.21. The van der Waals surface area contributed by atoms with Gasteiger partial charge in [-0.3, -0.25) is 9.48 Å². The number of aromatic nitrogens is 2. The number of hydrogen-bond acceptors (Lipinski definition) is 3. The van der Waals surface area contributed by atoms with Crippen LogP contribution in [0.5, 0.6) is 0 Å². The molecule has 1 aromatic carbocycles. The van der Waals surface area contributed by atoms with Crippen molar-refractivity contribution in [3.05, 3.63) is 65.7 Å². The highest BCUT2D eigenvalue weighted by Crippen LogP contribution is 2.23. The minimum Gasteiger partial charge on any atom is -0.472 e. The first-order valence-corrected chi connectivity index (χ1v) is 8.16. The van der Waals surface area contributed by atoms with Crippen molar-refractivity contribution in [2.24, 2.45) is 0 Å². The molecule has 3 heterocycles. The van der Waals surface area contributed by atoms with Crippen LogP contribution >= 0.6 is 0 Å². The van der Waals surface area contributed by atoms with Crippen LogP contribution in [0.15, 0.2) is 53.3 Å². The maximum atomic E-state index is 12.6. The van der Waals surface area contributed by atoms with Gasteiger partial charge < -0.3 is 9.32 Å². The predicted molar refractivity (Wildman–Crippen MR) is 90.5 cm³/mol. The summed E-state index contributed by atoms with van der Waals surface area (Å²) >= 11 is 0. The largest absolute Gasteiger partial charge is 0.472 e. The zero-order chi connectivity index (χ0) is 16.5. The van der Waals surface area contributed by atoms with E-state index in [1.54, 1.807) is 6.07 Å². The molecule has 4 rings (SSSR count). The molecule has 0 aliphatic carbocycles. The summed E-state index contributed by atoms with van der Waals surface area (Å²) in [6, 6.07) is 12.2. The number of benzene rings is 1. The zero-order valence-electron chi connectivity index (χ0n) is 13.6. The molecule has 122 valence electrons. The summed E-state index contributed by atoms with van der Waals surface area (Å²) < 4.78 is 7.06. The lowest BCUT2D eigenvalue weighted by Crippen LogP contribution is -2.30. The van der Waals surface area contributed by atoms with Gasteiger partial charge in [0.2, 0.25) is 0 Å². The second kappa shape index (κ2) is 6.00. The summed E-state index contributed by atoms with van der Waals surface area (Å²) in [4.78, 5) is 14.4. The summed E-state index contributed by atoms with van der Waals surface area (Å²) in [6.45, 7) is 4.21. The van der Waals surface area contributed by atoms with Crippen molar-refractivity contribution in [2.45, 2.75) is 26.4 Å². The molecule has 0 fully saturated rings.